The molecule has 0 saturated carbocycles. The van der Waals surface area contributed by atoms with Crippen molar-refractivity contribution in [3.63, 3.8) is 0 Å². The lowest BCUT2D eigenvalue weighted by Crippen LogP contribution is -2.45. The molecular weight excluding hydrogens is 342 g/mol. The van der Waals surface area contributed by atoms with Crippen LogP contribution in [0.1, 0.15) is 0 Å². The molecule has 4 nitrogen and oxygen atoms in total. The highest BCUT2D eigenvalue weighted by Crippen LogP contribution is 2.25. The van der Waals surface area contributed by atoms with Crippen LogP contribution >= 0.6 is 23.5 Å². The van der Waals surface area contributed by atoms with Crippen LogP contribution in [0.5, 0.6) is 0 Å². The van der Waals surface area contributed by atoms with Crippen molar-refractivity contribution >= 4 is 46.2 Å². The number of nitrogens with zero attached hydrogens (tertiary/aromatic N) is 1. The number of carbonyl (C=O) groups is 2. The van der Waals surface area contributed by atoms with Crippen molar-refractivity contribution in [2.75, 3.05) is 31.7 Å². The maximum atomic E-state index is 12.4. The Balaban J connectivity index is 1.59. The molecular formula is C18H19NO3S2. The molecule has 2 aromatic rings. The van der Waals surface area contributed by atoms with Gasteiger partial charge in [-0.3, -0.25) is 9.59 Å². The Hall–Kier alpha value is -1.66. The highest BCUT2D eigenvalue weighted by atomic mass is 32.2. The largest absolute Gasteiger partial charge is 0.468 e. The predicted octanol–water partition coefficient (Wildman–Crippen LogP) is 3.05. The van der Waals surface area contributed by atoms with Gasteiger partial charge in [-0.15, -0.1) is 23.5 Å². The van der Waals surface area contributed by atoms with E-state index in [0.29, 0.717) is 18.8 Å². The molecule has 0 radical (unpaired) electrons. The van der Waals surface area contributed by atoms with Crippen LogP contribution in [0.2, 0.25) is 0 Å². The van der Waals surface area contributed by atoms with Gasteiger partial charge in [0.25, 0.3) is 0 Å². The summed E-state index contributed by atoms with van der Waals surface area (Å²) in [5, 5.41) is 2.11. The van der Waals surface area contributed by atoms with E-state index in [4.69, 9.17) is 4.74 Å². The lowest BCUT2D eigenvalue weighted by molar-refractivity contribution is -0.141. The summed E-state index contributed by atoms with van der Waals surface area (Å²) in [6.07, 6.45) is 0. The molecule has 0 unspecified atom stereocenters. The molecule has 1 atom stereocenters. The van der Waals surface area contributed by atoms with Crippen LogP contribution in [0, 0.1) is 0 Å². The van der Waals surface area contributed by atoms with Gasteiger partial charge < -0.3 is 9.64 Å². The highest BCUT2D eigenvalue weighted by Gasteiger charge is 2.29. The summed E-state index contributed by atoms with van der Waals surface area (Å²) < 4.78 is 4.78. The van der Waals surface area contributed by atoms with Gasteiger partial charge in [-0.2, -0.15) is 0 Å². The number of hydrogen-bond acceptors (Lipinski definition) is 5. The fourth-order valence-corrected chi connectivity index (χ4v) is 4.62. The van der Waals surface area contributed by atoms with Crippen LogP contribution in [0.4, 0.5) is 0 Å². The minimum Gasteiger partial charge on any atom is -0.468 e. The minimum atomic E-state index is -0.265. The van der Waals surface area contributed by atoms with Crippen LogP contribution < -0.4 is 0 Å². The second kappa shape index (κ2) is 7.94. The predicted molar refractivity (Wildman–Crippen MR) is 99.5 cm³/mol. The summed E-state index contributed by atoms with van der Waals surface area (Å²) in [5.74, 6) is 0.977. The van der Waals surface area contributed by atoms with Crippen molar-refractivity contribution in [1.29, 1.82) is 0 Å². The zero-order valence-corrected chi connectivity index (χ0v) is 15.1. The van der Waals surface area contributed by atoms with Gasteiger partial charge in [0, 0.05) is 23.7 Å². The number of ether oxygens (including phenoxy) is 1. The topological polar surface area (TPSA) is 46.6 Å². The second-order valence-electron chi connectivity index (χ2n) is 5.52. The molecule has 0 N–H and O–H groups in total. The molecule has 1 heterocycles. The summed E-state index contributed by atoms with van der Waals surface area (Å²) in [6.45, 7) is 1.13. The van der Waals surface area contributed by atoms with Gasteiger partial charge in [0.15, 0.2) is 0 Å². The summed E-state index contributed by atoms with van der Waals surface area (Å²) in [5.41, 5.74) is 0. The summed E-state index contributed by atoms with van der Waals surface area (Å²) in [7, 11) is 1.39. The molecule has 0 spiro atoms. The molecule has 0 aliphatic carbocycles. The lowest BCUT2D eigenvalue weighted by atomic mass is 10.1. The Kier molecular flexibility index (Phi) is 5.68. The Labute approximate surface area is 149 Å². The number of carbonyl (C=O) groups excluding carboxylic acids is 2. The number of benzene rings is 2. The Morgan fingerprint density at radius 1 is 1.25 bits per heavy atom. The van der Waals surface area contributed by atoms with Crippen LogP contribution in [-0.4, -0.2) is 53.7 Å². The summed E-state index contributed by atoms with van der Waals surface area (Å²) in [4.78, 5) is 26.9. The second-order valence-corrected chi connectivity index (χ2v) is 7.88. The molecule has 24 heavy (non-hydrogen) atoms. The molecule has 1 amide bonds. The number of amides is 1. The third kappa shape index (κ3) is 4.05. The van der Waals surface area contributed by atoms with Gasteiger partial charge in [-0.05, 0) is 22.9 Å². The molecule has 3 rings (SSSR count). The lowest BCUT2D eigenvalue weighted by Gasteiger charge is -2.30. The van der Waals surface area contributed by atoms with Gasteiger partial charge in [0.05, 0.1) is 12.9 Å². The van der Waals surface area contributed by atoms with Crippen LogP contribution in [0.3, 0.4) is 0 Å². The molecule has 1 saturated heterocycles. The fraction of sp³-hybridized carbons (Fsp3) is 0.333. The average molecular weight is 361 g/mol. The molecule has 1 aliphatic rings. The molecule has 1 fully saturated rings. The van der Waals surface area contributed by atoms with Gasteiger partial charge in [0.1, 0.15) is 5.25 Å². The van der Waals surface area contributed by atoms with Crippen molar-refractivity contribution in [2.24, 2.45) is 0 Å². The summed E-state index contributed by atoms with van der Waals surface area (Å²) in [6, 6.07) is 14.4. The van der Waals surface area contributed by atoms with Gasteiger partial charge in [-0.1, -0.05) is 30.3 Å². The van der Waals surface area contributed by atoms with E-state index in [9.17, 15) is 9.59 Å². The van der Waals surface area contributed by atoms with E-state index >= 15 is 0 Å². The Bertz CT molecular complexity index is 750. The standard InChI is InChI=1S/C18H19NO3S2/c1-22-18(21)16-11-19(8-9-23-16)17(20)12-24-15-7-6-13-4-2-3-5-14(13)10-15/h2-7,10,16H,8-9,11-12H2,1H3/t16-/m0/s1. The van der Waals surface area contributed by atoms with Crippen molar-refractivity contribution in [3.05, 3.63) is 42.5 Å². The Morgan fingerprint density at radius 2 is 2.04 bits per heavy atom. The minimum absolute atomic E-state index is 0.0716. The number of hydrogen-bond donors (Lipinski definition) is 0. The van der Waals surface area contributed by atoms with Gasteiger partial charge in [-0.25, -0.2) is 0 Å². The number of rotatable bonds is 4. The first kappa shape index (κ1) is 17.2. The monoisotopic (exact) mass is 361 g/mol. The normalized spacial score (nSPS) is 17.7. The first-order chi connectivity index (χ1) is 11.7. The number of esters is 1. The third-order valence-electron chi connectivity index (χ3n) is 3.97. The summed E-state index contributed by atoms with van der Waals surface area (Å²) >= 11 is 3.10. The number of methoxy groups -OCH3 is 1. The number of fused-ring (bicyclic) bond motifs is 1. The SMILES string of the molecule is COC(=O)[C@@H]1CN(C(=O)CSc2ccc3ccccc3c2)CCS1. The fourth-order valence-electron chi connectivity index (χ4n) is 2.64. The molecule has 126 valence electrons. The smallest absolute Gasteiger partial charge is 0.320 e. The van der Waals surface area contributed by atoms with Gasteiger partial charge >= 0.3 is 5.97 Å². The van der Waals surface area contributed by atoms with E-state index in [0.717, 1.165) is 10.6 Å². The van der Waals surface area contributed by atoms with Crippen molar-refractivity contribution in [3.8, 4) is 0 Å². The van der Waals surface area contributed by atoms with Crippen molar-refractivity contribution in [2.45, 2.75) is 10.1 Å². The van der Waals surface area contributed by atoms with Crippen LogP contribution in [-0.2, 0) is 14.3 Å². The van der Waals surface area contributed by atoms with E-state index in [1.165, 1.54) is 29.6 Å². The number of thioether (sulfide) groups is 2. The maximum Gasteiger partial charge on any atom is 0.320 e. The van der Waals surface area contributed by atoms with Gasteiger partial charge in [0.2, 0.25) is 5.91 Å². The third-order valence-corrected chi connectivity index (χ3v) is 6.11. The van der Waals surface area contributed by atoms with E-state index in [1.54, 1.807) is 16.7 Å². The zero-order valence-electron chi connectivity index (χ0n) is 13.4. The zero-order chi connectivity index (χ0) is 16.9. The molecule has 0 aromatic heterocycles. The quantitative estimate of drug-likeness (QED) is 0.619. The molecule has 1 aliphatic heterocycles. The van der Waals surface area contributed by atoms with E-state index in [2.05, 4.69) is 24.3 Å². The highest BCUT2D eigenvalue weighted by molar-refractivity contribution is 8.00. The average Bonchev–Trinajstić information content (AvgIpc) is 2.65. The van der Waals surface area contributed by atoms with E-state index in [1.807, 2.05) is 18.2 Å². The van der Waals surface area contributed by atoms with Crippen LogP contribution in [0.25, 0.3) is 10.8 Å². The van der Waals surface area contributed by atoms with Crippen molar-refractivity contribution < 1.29 is 14.3 Å². The van der Waals surface area contributed by atoms with Crippen LogP contribution in [0.15, 0.2) is 47.4 Å². The maximum absolute atomic E-state index is 12.4. The van der Waals surface area contributed by atoms with E-state index in [-0.39, 0.29) is 17.1 Å². The molecule has 6 heteroatoms. The molecule has 0 bridgehead atoms. The molecule has 2 aromatic carbocycles. The van der Waals surface area contributed by atoms with Crippen molar-refractivity contribution in [1.82, 2.24) is 4.90 Å². The first-order valence-corrected chi connectivity index (χ1v) is 9.79. The Morgan fingerprint density at radius 3 is 2.83 bits per heavy atom. The van der Waals surface area contributed by atoms with E-state index < -0.39 is 0 Å². The first-order valence-electron chi connectivity index (χ1n) is 7.76.